The summed E-state index contributed by atoms with van der Waals surface area (Å²) < 4.78 is 0. The zero-order chi connectivity index (χ0) is 9.68. The molecule has 0 aromatic heterocycles. The Morgan fingerprint density at radius 1 is 1.23 bits per heavy atom. The van der Waals surface area contributed by atoms with Crippen molar-refractivity contribution in [1.82, 2.24) is 0 Å². The summed E-state index contributed by atoms with van der Waals surface area (Å²) in [6.07, 6.45) is 1.70. The predicted molar refractivity (Wildman–Crippen MR) is 58.8 cm³/mol. The van der Waals surface area contributed by atoms with E-state index in [2.05, 4.69) is 12.1 Å². The van der Waals surface area contributed by atoms with Crippen molar-refractivity contribution in [2.24, 2.45) is 0 Å². The second kappa shape index (κ2) is 4.94. The van der Waals surface area contributed by atoms with Crippen molar-refractivity contribution < 1.29 is 4.79 Å². The molecule has 13 heavy (non-hydrogen) atoms. The summed E-state index contributed by atoms with van der Waals surface area (Å²) in [5.41, 5.74) is 0. The van der Waals surface area contributed by atoms with E-state index in [1.54, 1.807) is 13.0 Å². The molecular weight excluding hydrogens is 179 g/mol. The number of hydrogen-bond acceptors (Lipinski definition) is 1. The van der Waals surface area contributed by atoms with Gasteiger partial charge in [0.2, 0.25) is 0 Å². The molecule has 0 fully saturated rings. The van der Waals surface area contributed by atoms with Gasteiger partial charge in [0.25, 0.3) is 0 Å². The Kier molecular flexibility index (Phi) is 3.85. The van der Waals surface area contributed by atoms with Gasteiger partial charge >= 0.3 is 0 Å². The molecular formula is C11H13OP. The molecule has 1 atom stereocenters. The van der Waals surface area contributed by atoms with E-state index in [4.69, 9.17) is 0 Å². The Morgan fingerprint density at radius 3 is 2.38 bits per heavy atom. The number of benzene rings is 1. The molecule has 0 radical (unpaired) electrons. The van der Waals surface area contributed by atoms with Crippen LogP contribution in [0.3, 0.4) is 0 Å². The van der Waals surface area contributed by atoms with Crippen molar-refractivity contribution in [3.63, 3.8) is 0 Å². The first-order valence-electron chi connectivity index (χ1n) is 4.19. The summed E-state index contributed by atoms with van der Waals surface area (Å²) in [6, 6.07) is 10.2. The van der Waals surface area contributed by atoms with Gasteiger partial charge in [0.1, 0.15) is 0 Å². The second-order valence-corrected chi connectivity index (χ2v) is 4.55. The lowest BCUT2D eigenvalue weighted by Gasteiger charge is -2.00. The number of ketones is 1. The zero-order valence-electron chi connectivity index (χ0n) is 7.87. The van der Waals surface area contributed by atoms with E-state index >= 15 is 0 Å². The van der Waals surface area contributed by atoms with Crippen LogP contribution < -0.4 is 5.30 Å². The normalized spacial score (nSPS) is 12.3. The molecule has 0 spiro atoms. The third-order valence-electron chi connectivity index (χ3n) is 1.54. The topological polar surface area (TPSA) is 17.1 Å². The average Bonchev–Trinajstić information content (AvgIpc) is 2.04. The molecule has 0 aliphatic heterocycles. The molecule has 1 aromatic rings. The summed E-state index contributed by atoms with van der Waals surface area (Å²) in [6.45, 7) is 3.58. The highest BCUT2D eigenvalue weighted by Crippen LogP contribution is 2.21. The third kappa shape index (κ3) is 4.00. The van der Waals surface area contributed by atoms with Crippen molar-refractivity contribution in [2.45, 2.75) is 13.8 Å². The molecule has 0 heterocycles. The SMILES string of the molecule is CC(=O)/C=C(/C)Pc1ccccc1. The van der Waals surface area contributed by atoms with Crippen molar-refractivity contribution >= 4 is 19.7 Å². The van der Waals surface area contributed by atoms with E-state index in [-0.39, 0.29) is 5.78 Å². The average molecular weight is 192 g/mol. The molecule has 0 N–H and O–H groups in total. The summed E-state index contributed by atoms with van der Waals surface area (Å²) >= 11 is 0. The van der Waals surface area contributed by atoms with Gasteiger partial charge in [0, 0.05) is 0 Å². The molecule has 0 amide bonds. The van der Waals surface area contributed by atoms with Gasteiger partial charge in [-0.15, -0.1) is 0 Å². The Balaban J connectivity index is 2.65. The Hall–Kier alpha value is -0.940. The minimum atomic E-state index is 0.126. The highest BCUT2D eigenvalue weighted by atomic mass is 31.1. The number of allylic oxidation sites excluding steroid dienone is 2. The van der Waals surface area contributed by atoms with E-state index in [1.807, 2.05) is 25.1 Å². The van der Waals surface area contributed by atoms with Gasteiger partial charge in [-0.1, -0.05) is 38.9 Å². The number of carbonyl (C=O) groups is 1. The van der Waals surface area contributed by atoms with E-state index in [9.17, 15) is 4.79 Å². The lowest BCUT2D eigenvalue weighted by Crippen LogP contribution is -1.92. The first-order chi connectivity index (χ1) is 6.18. The zero-order valence-corrected chi connectivity index (χ0v) is 8.87. The maximum atomic E-state index is 10.8. The third-order valence-corrected chi connectivity index (χ3v) is 2.70. The summed E-state index contributed by atoms with van der Waals surface area (Å²) in [4.78, 5) is 10.8. The van der Waals surface area contributed by atoms with Crippen LogP contribution in [0.4, 0.5) is 0 Å². The maximum Gasteiger partial charge on any atom is 0.152 e. The van der Waals surface area contributed by atoms with Crippen LogP contribution in [0, 0.1) is 0 Å². The van der Waals surface area contributed by atoms with Crippen molar-refractivity contribution in [3.05, 3.63) is 41.7 Å². The molecule has 0 saturated heterocycles. The smallest absolute Gasteiger partial charge is 0.152 e. The van der Waals surface area contributed by atoms with Crippen molar-refractivity contribution in [3.8, 4) is 0 Å². The fourth-order valence-corrected chi connectivity index (χ4v) is 2.18. The largest absolute Gasteiger partial charge is 0.295 e. The van der Waals surface area contributed by atoms with Crippen LogP contribution in [0.2, 0.25) is 0 Å². The van der Waals surface area contributed by atoms with Crippen molar-refractivity contribution in [2.75, 3.05) is 0 Å². The van der Waals surface area contributed by atoms with Gasteiger partial charge in [-0.25, -0.2) is 0 Å². The summed E-state index contributed by atoms with van der Waals surface area (Å²) in [7, 11) is 0.611. The molecule has 0 saturated carbocycles. The quantitative estimate of drug-likeness (QED) is 0.531. The lowest BCUT2D eigenvalue weighted by molar-refractivity contribution is -0.112. The van der Waals surface area contributed by atoms with Gasteiger partial charge in [-0.2, -0.15) is 0 Å². The van der Waals surface area contributed by atoms with E-state index in [1.165, 1.54) is 5.30 Å². The molecule has 1 rings (SSSR count). The van der Waals surface area contributed by atoms with E-state index in [0.717, 1.165) is 5.31 Å². The predicted octanol–water partition coefficient (Wildman–Crippen LogP) is 2.48. The lowest BCUT2D eigenvalue weighted by atomic mass is 10.4. The number of hydrogen-bond donors (Lipinski definition) is 0. The Morgan fingerprint density at radius 2 is 1.85 bits per heavy atom. The van der Waals surface area contributed by atoms with Gasteiger partial charge in [-0.05, 0) is 30.5 Å². The standard InChI is InChI=1S/C11H13OP/c1-9(12)8-10(2)13-11-6-4-3-5-7-11/h3-8,13H,1-2H3/b10-8-. The Bertz CT molecular complexity index is 314. The summed E-state index contributed by atoms with van der Waals surface area (Å²) in [5, 5.41) is 2.41. The van der Waals surface area contributed by atoms with Crippen LogP contribution in [0.15, 0.2) is 41.7 Å². The maximum absolute atomic E-state index is 10.8. The molecule has 0 aliphatic rings. The van der Waals surface area contributed by atoms with Crippen LogP contribution in [0.25, 0.3) is 0 Å². The first-order valence-corrected chi connectivity index (χ1v) is 5.19. The van der Waals surface area contributed by atoms with Gasteiger partial charge < -0.3 is 0 Å². The molecule has 0 bridgehead atoms. The highest BCUT2D eigenvalue weighted by Gasteiger charge is 1.94. The van der Waals surface area contributed by atoms with Gasteiger partial charge in [-0.3, -0.25) is 4.79 Å². The fraction of sp³-hybridized carbons (Fsp3) is 0.182. The van der Waals surface area contributed by atoms with Crippen LogP contribution in [0.1, 0.15) is 13.8 Å². The molecule has 1 aromatic carbocycles. The summed E-state index contributed by atoms with van der Waals surface area (Å²) in [5.74, 6) is 0.126. The monoisotopic (exact) mass is 192 g/mol. The van der Waals surface area contributed by atoms with Gasteiger partial charge in [0.15, 0.2) is 5.78 Å². The first kappa shape index (κ1) is 10.1. The Labute approximate surface area is 80.6 Å². The molecule has 0 aliphatic carbocycles. The van der Waals surface area contributed by atoms with Crippen LogP contribution in [-0.4, -0.2) is 5.78 Å². The molecule has 1 nitrogen and oxygen atoms in total. The fourth-order valence-electron chi connectivity index (χ4n) is 1.09. The van der Waals surface area contributed by atoms with Crippen LogP contribution >= 0.6 is 8.58 Å². The van der Waals surface area contributed by atoms with Crippen molar-refractivity contribution in [1.29, 1.82) is 0 Å². The molecule has 68 valence electrons. The molecule has 1 unspecified atom stereocenters. The van der Waals surface area contributed by atoms with Gasteiger partial charge in [0.05, 0.1) is 0 Å². The minimum absolute atomic E-state index is 0.126. The number of rotatable bonds is 3. The molecule has 2 heteroatoms. The van der Waals surface area contributed by atoms with E-state index < -0.39 is 0 Å². The van der Waals surface area contributed by atoms with Crippen LogP contribution in [0.5, 0.6) is 0 Å². The van der Waals surface area contributed by atoms with E-state index in [0.29, 0.717) is 8.58 Å². The second-order valence-electron chi connectivity index (χ2n) is 2.93. The minimum Gasteiger partial charge on any atom is -0.295 e. The van der Waals surface area contributed by atoms with Crippen LogP contribution in [-0.2, 0) is 4.79 Å². The number of carbonyl (C=O) groups excluding carboxylic acids is 1. The highest BCUT2D eigenvalue weighted by molar-refractivity contribution is 7.51.